The van der Waals surface area contributed by atoms with Crippen LogP contribution in [0.15, 0.2) is 12.5 Å². The Kier molecular flexibility index (Phi) is 6.23. The maximum absolute atomic E-state index is 12.8. The van der Waals surface area contributed by atoms with E-state index in [1.165, 1.54) is 6.42 Å². The molecule has 3 aliphatic rings. The third kappa shape index (κ3) is 4.34. The lowest BCUT2D eigenvalue weighted by atomic mass is 9.72. The van der Waals surface area contributed by atoms with Gasteiger partial charge >= 0.3 is 0 Å². The van der Waals surface area contributed by atoms with E-state index in [2.05, 4.69) is 37.8 Å². The summed E-state index contributed by atoms with van der Waals surface area (Å²) >= 11 is 0. The Labute approximate surface area is 173 Å². The van der Waals surface area contributed by atoms with Crippen molar-refractivity contribution in [3.63, 3.8) is 0 Å². The molecule has 0 spiro atoms. The van der Waals surface area contributed by atoms with Gasteiger partial charge in [-0.3, -0.25) is 14.5 Å². The second-order valence-corrected chi connectivity index (χ2v) is 9.03. The number of hydrogen-bond acceptors (Lipinski definition) is 4. The molecule has 0 aliphatic carbocycles. The number of likely N-dealkylation sites (tertiary alicyclic amines) is 1. The normalized spacial score (nSPS) is 29.6. The van der Waals surface area contributed by atoms with Gasteiger partial charge in [0.15, 0.2) is 0 Å². The third-order valence-electron chi connectivity index (χ3n) is 7.00. The lowest BCUT2D eigenvalue weighted by molar-refractivity contribution is -0.153. The molecule has 7 heteroatoms. The molecule has 3 saturated heterocycles. The molecule has 4 heterocycles. The predicted molar refractivity (Wildman–Crippen MR) is 111 cm³/mol. The molecule has 2 amide bonds. The minimum Gasteiger partial charge on any atom is -0.354 e. The summed E-state index contributed by atoms with van der Waals surface area (Å²) in [5, 5.41) is 3.12. The number of nitrogens with one attached hydrogen (secondary N) is 1. The Morgan fingerprint density at radius 3 is 2.86 bits per heavy atom. The summed E-state index contributed by atoms with van der Waals surface area (Å²) in [6.07, 6.45) is 9.39. The minimum absolute atomic E-state index is 0.105. The van der Waals surface area contributed by atoms with Crippen molar-refractivity contribution in [2.24, 2.45) is 11.8 Å². The average Bonchev–Trinajstić information content (AvgIpc) is 3.16. The summed E-state index contributed by atoms with van der Waals surface area (Å²) in [7, 11) is 0. The fourth-order valence-electron chi connectivity index (χ4n) is 5.69. The molecule has 4 rings (SSSR count). The van der Waals surface area contributed by atoms with Gasteiger partial charge in [-0.05, 0) is 44.4 Å². The molecular weight excluding hydrogens is 366 g/mol. The first kappa shape index (κ1) is 20.4. The van der Waals surface area contributed by atoms with Gasteiger partial charge < -0.3 is 14.8 Å². The van der Waals surface area contributed by atoms with Crippen molar-refractivity contribution in [1.82, 2.24) is 24.7 Å². The second-order valence-electron chi connectivity index (χ2n) is 9.03. The highest BCUT2D eigenvalue weighted by atomic mass is 16.2. The molecular formula is C22H35N5O2. The van der Waals surface area contributed by atoms with E-state index >= 15 is 0 Å². The van der Waals surface area contributed by atoms with Gasteiger partial charge in [-0.2, -0.15) is 0 Å². The molecule has 4 atom stereocenters. The molecule has 1 N–H and O–H groups in total. The number of hydrogen-bond donors (Lipinski definition) is 1. The molecule has 160 valence electrons. The number of carbonyl (C=O) groups excluding carboxylic acids is 2. The summed E-state index contributed by atoms with van der Waals surface area (Å²) < 4.78 is 2.12. The van der Waals surface area contributed by atoms with Gasteiger partial charge in [-0.15, -0.1) is 0 Å². The van der Waals surface area contributed by atoms with Crippen LogP contribution in [0.25, 0.3) is 0 Å². The first-order valence-electron chi connectivity index (χ1n) is 11.4. The van der Waals surface area contributed by atoms with Gasteiger partial charge in [-0.1, -0.05) is 6.92 Å². The zero-order valence-corrected chi connectivity index (χ0v) is 17.8. The van der Waals surface area contributed by atoms with Crippen molar-refractivity contribution >= 4 is 11.8 Å². The lowest BCUT2D eigenvalue weighted by Crippen LogP contribution is -2.67. The summed E-state index contributed by atoms with van der Waals surface area (Å²) in [5.41, 5.74) is 1.12. The number of aryl methyl sites for hydroxylation is 1. The smallest absolute Gasteiger partial charge is 0.223 e. The van der Waals surface area contributed by atoms with Gasteiger partial charge in [0.1, 0.15) is 0 Å². The fraction of sp³-hybridized carbons (Fsp3) is 0.773. The van der Waals surface area contributed by atoms with E-state index in [-0.39, 0.29) is 11.9 Å². The number of rotatable bonds is 7. The van der Waals surface area contributed by atoms with E-state index in [0.29, 0.717) is 43.2 Å². The van der Waals surface area contributed by atoms with E-state index in [1.54, 1.807) is 0 Å². The highest BCUT2D eigenvalue weighted by Gasteiger charge is 2.49. The van der Waals surface area contributed by atoms with Crippen LogP contribution in [0.3, 0.4) is 0 Å². The highest BCUT2D eigenvalue weighted by Crippen LogP contribution is 2.41. The van der Waals surface area contributed by atoms with Crippen molar-refractivity contribution in [3.05, 3.63) is 18.2 Å². The first-order valence-corrected chi connectivity index (χ1v) is 11.4. The predicted octanol–water partition coefficient (Wildman–Crippen LogP) is 2.02. The first-order chi connectivity index (χ1) is 14.1. The number of imidazole rings is 1. The van der Waals surface area contributed by atoms with Crippen LogP contribution in [-0.2, 0) is 22.7 Å². The van der Waals surface area contributed by atoms with Crippen LogP contribution in [-0.4, -0.2) is 62.9 Å². The topological polar surface area (TPSA) is 70.5 Å². The number of fused-ring (bicyclic) bond motifs is 4. The quantitative estimate of drug-likeness (QED) is 0.759. The van der Waals surface area contributed by atoms with Crippen LogP contribution in [0.2, 0.25) is 0 Å². The molecule has 2 bridgehead atoms. The van der Waals surface area contributed by atoms with Crippen LogP contribution < -0.4 is 5.32 Å². The van der Waals surface area contributed by atoms with Crippen molar-refractivity contribution in [2.45, 2.75) is 77.5 Å². The number of aromatic nitrogens is 2. The van der Waals surface area contributed by atoms with Gasteiger partial charge in [0.25, 0.3) is 0 Å². The third-order valence-corrected chi connectivity index (χ3v) is 7.00. The molecule has 1 aromatic rings. The van der Waals surface area contributed by atoms with Gasteiger partial charge in [0.05, 0.1) is 18.1 Å². The van der Waals surface area contributed by atoms with Gasteiger partial charge in [0, 0.05) is 57.8 Å². The SMILES string of the molecule is CCCC(=O)NC[C@H]1[C@H]2C[C@H](CN(Cc3cn(CC)cn3)C2)[C@@H]2CCCC(=O)N21. The maximum atomic E-state index is 12.8. The second kappa shape index (κ2) is 8.86. The van der Waals surface area contributed by atoms with Gasteiger partial charge in [0.2, 0.25) is 11.8 Å². The lowest BCUT2D eigenvalue weighted by Gasteiger charge is -2.56. The molecule has 3 fully saturated rings. The monoisotopic (exact) mass is 401 g/mol. The Balaban J connectivity index is 1.49. The Hall–Kier alpha value is -1.89. The number of amides is 2. The average molecular weight is 402 g/mol. The van der Waals surface area contributed by atoms with Crippen molar-refractivity contribution in [1.29, 1.82) is 0 Å². The summed E-state index contributed by atoms with van der Waals surface area (Å²) in [6, 6.07) is 0.456. The Bertz CT molecular complexity index is 733. The number of nitrogens with zero attached hydrogens (tertiary/aromatic N) is 4. The standard InChI is InChI=1S/C22H35N5O2/c1-3-6-21(28)23-10-20-17-9-16(19-7-5-8-22(29)27(19)20)11-26(12-17)14-18-13-25(4-2)15-24-18/h13,15-17,19-20H,3-12,14H2,1-2H3,(H,23,28)/t16-,17+,19+,20+/m1/s1. The fourth-order valence-corrected chi connectivity index (χ4v) is 5.69. The zero-order chi connectivity index (χ0) is 20.4. The van der Waals surface area contributed by atoms with E-state index in [9.17, 15) is 9.59 Å². The van der Waals surface area contributed by atoms with Crippen LogP contribution in [0.4, 0.5) is 0 Å². The molecule has 7 nitrogen and oxygen atoms in total. The van der Waals surface area contributed by atoms with Crippen LogP contribution >= 0.6 is 0 Å². The van der Waals surface area contributed by atoms with Crippen molar-refractivity contribution in [2.75, 3.05) is 19.6 Å². The van der Waals surface area contributed by atoms with Crippen molar-refractivity contribution < 1.29 is 9.59 Å². The van der Waals surface area contributed by atoms with Crippen molar-refractivity contribution in [3.8, 4) is 0 Å². The molecule has 0 radical (unpaired) electrons. The molecule has 0 saturated carbocycles. The molecule has 1 aromatic heterocycles. The molecule has 0 aromatic carbocycles. The van der Waals surface area contributed by atoms with E-state index in [0.717, 1.165) is 51.1 Å². The Morgan fingerprint density at radius 2 is 2.10 bits per heavy atom. The maximum Gasteiger partial charge on any atom is 0.223 e. The minimum atomic E-state index is 0.105. The number of piperidine rings is 3. The molecule has 29 heavy (non-hydrogen) atoms. The van der Waals surface area contributed by atoms with E-state index in [1.807, 2.05) is 13.3 Å². The molecule has 3 aliphatic heterocycles. The van der Waals surface area contributed by atoms with E-state index < -0.39 is 0 Å². The van der Waals surface area contributed by atoms with Gasteiger partial charge in [-0.25, -0.2) is 4.98 Å². The van der Waals surface area contributed by atoms with Crippen LogP contribution in [0, 0.1) is 11.8 Å². The highest BCUT2D eigenvalue weighted by molar-refractivity contribution is 5.78. The molecule has 0 unspecified atom stereocenters. The van der Waals surface area contributed by atoms with Crippen LogP contribution in [0.1, 0.15) is 58.1 Å². The largest absolute Gasteiger partial charge is 0.354 e. The summed E-state index contributed by atoms with van der Waals surface area (Å²) in [4.78, 5) is 34.2. The zero-order valence-electron chi connectivity index (χ0n) is 17.8. The summed E-state index contributed by atoms with van der Waals surface area (Å²) in [6.45, 7) is 8.57. The van der Waals surface area contributed by atoms with Crippen LogP contribution in [0.5, 0.6) is 0 Å². The Morgan fingerprint density at radius 1 is 1.28 bits per heavy atom. The number of carbonyl (C=O) groups is 2. The summed E-state index contributed by atoms with van der Waals surface area (Å²) in [5.74, 6) is 1.35. The van der Waals surface area contributed by atoms with E-state index in [4.69, 9.17) is 0 Å².